The van der Waals surface area contributed by atoms with Crippen molar-refractivity contribution >= 4 is 5.95 Å². The van der Waals surface area contributed by atoms with Gasteiger partial charge in [-0.2, -0.15) is 0 Å². The first-order chi connectivity index (χ1) is 13.3. The molecule has 27 heavy (non-hydrogen) atoms. The van der Waals surface area contributed by atoms with Crippen molar-refractivity contribution < 1.29 is 0 Å². The lowest BCUT2D eigenvalue weighted by Gasteiger charge is -2.30. The van der Waals surface area contributed by atoms with E-state index in [0.717, 1.165) is 49.2 Å². The maximum Gasteiger partial charge on any atom is 0.225 e. The van der Waals surface area contributed by atoms with Gasteiger partial charge in [-0.05, 0) is 57.7 Å². The summed E-state index contributed by atoms with van der Waals surface area (Å²) in [5, 5.41) is 0. The third kappa shape index (κ3) is 4.67. The zero-order valence-corrected chi connectivity index (χ0v) is 16.6. The Hall–Kier alpha value is -1.95. The van der Waals surface area contributed by atoms with E-state index in [1.54, 1.807) is 0 Å². The fourth-order valence-corrected chi connectivity index (χ4v) is 4.37. The van der Waals surface area contributed by atoms with E-state index in [2.05, 4.69) is 36.2 Å². The van der Waals surface area contributed by atoms with Crippen molar-refractivity contribution in [2.24, 2.45) is 5.92 Å². The Morgan fingerprint density at radius 3 is 2.56 bits per heavy atom. The number of likely N-dealkylation sites (tertiary alicyclic amines) is 1. The van der Waals surface area contributed by atoms with Gasteiger partial charge in [0, 0.05) is 37.6 Å². The minimum absolute atomic E-state index is 0.725. The molecule has 146 valence electrons. The predicted octanol–water partition coefficient (Wildman–Crippen LogP) is 3.45. The van der Waals surface area contributed by atoms with Crippen LogP contribution in [0.15, 0.2) is 24.9 Å². The van der Waals surface area contributed by atoms with Crippen LogP contribution in [0.3, 0.4) is 0 Å². The van der Waals surface area contributed by atoms with Gasteiger partial charge in [0.15, 0.2) is 0 Å². The van der Waals surface area contributed by atoms with Gasteiger partial charge in [-0.1, -0.05) is 13.3 Å². The molecule has 0 N–H and O–H groups in total. The van der Waals surface area contributed by atoms with Crippen LogP contribution in [0.2, 0.25) is 0 Å². The molecule has 2 aliphatic heterocycles. The van der Waals surface area contributed by atoms with Crippen LogP contribution in [0, 0.1) is 5.92 Å². The second-order valence-corrected chi connectivity index (χ2v) is 8.19. The molecule has 0 aliphatic carbocycles. The van der Waals surface area contributed by atoms with Crippen molar-refractivity contribution in [2.75, 3.05) is 37.6 Å². The Morgan fingerprint density at radius 2 is 1.78 bits per heavy atom. The first kappa shape index (κ1) is 18.4. The minimum Gasteiger partial charge on any atom is -0.341 e. The summed E-state index contributed by atoms with van der Waals surface area (Å²) < 4.78 is 2.24. The number of imidazole rings is 1. The Labute approximate surface area is 162 Å². The van der Waals surface area contributed by atoms with Gasteiger partial charge < -0.3 is 14.4 Å². The smallest absolute Gasteiger partial charge is 0.225 e. The number of hydrogen-bond donors (Lipinski definition) is 0. The van der Waals surface area contributed by atoms with Crippen molar-refractivity contribution in [1.29, 1.82) is 0 Å². The van der Waals surface area contributed by atoms with Gasteiger partial charge >= 0.3 is 0 Å². The lowest BCUT2D eigenvalue weighted by molar-refractivity contribution is 0.223. The highest BCUT2D eigenvalue weighted by Gasteiger charge is 2.18. The molecule has 2 aromatic heterocycles. The first-order valence-corrected chi connectivity index (χ1v) is 10.6. The molecule has 2 aromatic rings. The average molecular weight is 369 g/mol. The van der Waals surface area contributed by atoms with E-state index in [0.29, 0.717) is 0 Å². The van der Waals surface area contributed by atoms with Crippen molar-refractivity contribution in [3.8, 4) is 11.3 Å². The highest BCUT2D eigenvalue weighted by atomic mass is 15.3. The quantitative estimate of drug-likeness (QED) is 0.782. The number of rotatable bonds is 6. The summed E-state index contributed by atoms with van der Waals surface area (Å²) in [6, 6.07) is 0. The maximum atomic E-state index is 4.65. The highest BCUT2D eigenvalue weighted by Crippen LogP contribution is 2.22. The summed E-state index contributed by atoms with van der Waals surface area (Å²) in [5.74, 6) is 1.59. The topological polar surface area (TPSA) is 50.1 Å². The van der Waals surface area contributed by atoms with Gasteiger partial charge in [0.1, 0.15) is 0 Å². The Bertz CT molecular complexity index is 704. The molecule has 2 saturated heterocycles. The molecule has 0 bridgehead atoms. The zero-order chi connectivity index (χ0) is 18.5. The minimum atomic E-state index is 0.725. The zero-order valence-electron chi connectivity index (χ0n) is 16.6. The monoisotopic (exact) mass is 368 g/mol. The maximum absolute atomic E-state index is 4.65. The molecule has 4 rings (SSSR count). The van der Waals surface area contributed by atoms with E-state index < -0.39 is 0 Å². The van der Waals surface area contributed by atoms with Gasteiger partial charge in [0.2, 0.25) is 5.95 Å². The van der Waals surface area contributed by atoms with Crippen molar-refractivity contribution in [3.05, 3.63) is 24.9 Å². The molecule has 1 atom stereocenters. The van der Waals surface area contributed by atoms with E-state index in [4.69, 9.17) is 0 Å². The molecule has 0 radical (unpaired) electrons. The molecule has 6 nitrogen and oxygen atoms in total. The fourth-order valence-electron chi connectivity index (χ4n) is 4.37. The lowest BCUT2D eigenvalue weighted by atomic mass is 10.0. The van der Waals surface area contributed by atoms with Crippen LogP contribution in [0.1, 0.15) is 45.4 Å². The normalized spacial score (nSPS) is 21.5. The summed E-state index contributed by atoms with van der Waals surface area (Å²) in [6.07, 6.45) is 15.6. The van der Waals surface area contributed by atoms with Crippen LogP contribution >= 0.6 is 0 Å². The third-order valence-electron chi connectivity index (χ3n) is 5.91. The summed E-state index contributed by atoms with van der Waals surface area (Å²) in [6.45, 7) is 9.15. The molecule has 0 amide bonds. The number of piperidine rings is 2. The Balaban J connectivity index is 1.36. The number of nitrogens with zero attached hydrogens (tertiary/aromatic N) is 6. The summed E-state index contributed by atoms with van der Waals surface area (Å²) in [4.78, 5) is 18.6. The third-order valence-corrected chi connectivity index (χ3v) is 5.91. The van der Waals surface area contributed by atoms with Crippen LogP contribution in [-0.2, 0) is 6.54 Å². The summed E-state index contributed by atoms with van der Waals surface area (Å²) in [7, 11) is 0. The molecule has 0 saturated carbocycles. The van der Waals surface area contributed by atoms with E-state index in [-0.39, 0.29) is 0 Å². The van der Waals surface area contributed by atoms with Gasteiger partial charge in [0.05, 0.1) is 18.2 Å². The van der Waals surface area contributed by atoms with Crippen molar-refractivity contribution in [2.45, 2.75) is 52.0 Å². The molecular formula is C21H32N6. The van der Waals surface area contributed by atoms with Crippen molar-refractivity contribution in [1.82, 2.24) is 24.4 Å². The van der Waals surface area contributed by atoms with Gasteiger partial charge in [-0.25, -0.2) is 15.0 Å². The molecule has 0 spiro atoms. The Kier molecular flexibility index (Phi) is 6.02. The number of hydrogen-bond acceptors (Lipinski definition) is 5. The molecule has 2 aliphatic rings. The summed E-state index contributed by atoms with van der Waals surface area (Å²) >= 11 is 0. The molecule has 6 heteroatoms. The largest absolute Gasteiger partial charge is 0.341 e. The van der Waals surface area contributed by atoms with E-state index >= 15 is 0 Å². The molecule has 0 aromatic carbocycles. The van der Waals surface area contributed by atoms with Crippen LogP contribution in [0.25, 0.3) is 11.3 Å². The first-order valence-electron chi connectivity index (χ1n) is 10.6. The van der Waals surface area contributed by atoms with E-state index in [1.807, 2.05) is 24.9 Å². The van der Waals surface area contributed by atoms with Crippen LogP contribution in [0.5, 0.6) is 0 Å². The van der Waals surface area contributed by atoms with Crippen LogP contribution in [0.4, 0.5) is 5.95 Å². The number of aromatic nitrogens is 4. The van der Waals surface area contributed by atoms with E-state index in [1.165, 1.54) is 51.7 Å². The molecule has 2 fully saturated rings. The van der Waals surface area contributed by atoms with Crippen LogP contribution in [-0.4, -0.2) is 57.1 Å². The molecular weight excluding hydrogens is 336 g/mol. The fraction of sp³-hybridized carbons (Fsp3) is 0.667. The molecule has 0 unspecified atom stereocenters. The number of aryl methyl sites for hydroxylation is 1. The second-order valence-electron chi connectivity index (χ2n) is 8.19. The average Bonchev–Trinajstić information content (AvgIpc) is 3.17. The van der Waals surface area contributed by atoms with Gasteiger partial charge in [-0.15, -0.1) is 0 Å². The summed E-state index contributed by atoms with van der Waals surface area (Å²) in [5.41, 5.74) is 2.17. The predicted molar refractivity (Wildman–Crippen MR) is 109 cm³/mol. The van der Waals surface area contributed by atoms with Gasteiger partial charge in [-0.3, -0.25) is 0 Å². The molecule has 4 heterocycles. The SMILES string of the molecule is C[C@H]1CCCN(c2ncc(-c3cncn3CCCN3CCCCC3)cn2)C1. The Morgan fingerprint density at radius 1 is 0.963 bits per heavy atom. The van der Waals surface area contributed by atoms with Crippen LogP contribution < -0.4 is 4.90 Å². The lowest BCUT2D eigenvalue weighted by Crippen LogP contribution is -2.35. The van der Waals surface area contributed by atoms with Crippen molar-refractivity contribution in [3.63, 3.8) is 0 Å². The van der Waals surface area contributed by atoms with E-state index in [9.17, 15) is 0 Å². The number of anilines is 1. The van der Waals surface area contributed by atoms with Gasteiger partial charge in [0.25, 0.3) is 0 Å². The standard InChI is InChI=1S/C21H32N6/c1-18-7-5-11-26(16-18)21-23-13-19(14-24-21)20-15-22-17-27(20)12-6-10-25-8-3-2-4-9-25/h13-15,17-18H,2-12,16H2,1H3/t18-/m0/s1. The highest BCUT2D eigenvalue weighted by molar-refractivity contribution is 5.57. The second kappa shape index (κ2) is 8.83.